The summed E-state index contributed by atoms with van der Waals surface area (Å²) in [5.41, 5.74) is 0. The maximum atomic E-state index is 11.6. The van der Waals surface area contributed by atoms with Gasteiger partial charge in [0, 0.05) is 6.54 Å². The second kappa shape index (κ2) is 8.44. The summed E-state index contributed by atoms with van der Waals surface area (Å²) < 4.78 is 30.6. The molecule has 0 aliphatic rings. The van der Waals surface area contributed by atoms with E-state index in [0.29, 0.717) is 12.8 Å². The molecule has 0 aromatic carbocycles. The van der Waals surface area contributed by atoms with Gasteiger partial charge < -0.3 is 9.84 Å². The van der Waals surface area contributed by atoms with Crippen LogP contribution in [-0.4, -0.2) is 44.5 Å². The first-order chi connectivity index (χ1) is 8.28. The van der Waals surface area contributed by atoms with E-state index in [-0.39, 0.29) is 25.0 Å². The Morgan fingerprint density at radius 3 is 2.44 bits per heavy atom. The normalized spacial score (nSPS) is 13.8. The molecule has 0 fully saturated rings. The molecule has 0 spiro atoms. The van der Waals surface area contributed by atoms with Crippen molar-refractivity contribution >= 4 is 16.0 Å². The van der Waals surface area contributed by atoms with Crippen LogP contribution in [0.2, 0.25) is 0 Å². The third kappa shape index (κ3) is 8.43. The van der Waals surface area contributed by atoms with Gasteiger partial charge in [0.15, 0.2) is 0 Å². The van der Waals surface area contributed by atoms with Crippen molar-refractivity contribution < 1.29 is 23.1 Å². The van der Waals surface area contributed by atoms with Gasteiger partial charge in [0.25, 0.3) is 0 Å². The number of carboxylic acids is 1. The minimum Gasteiger partial charge on any atom is -0.481 e. The van der Waals surface area contributed by atoms with Crippen LogP contribution in [0.25, 0.3) is 0 Å². The van der Waals surface area contributed by atoms with E-state index >= 15 is 0 Å². The van der Waals surface area contributed by atoms with Gasteiger partial charge in [-0.25, -0.2) is 13.1 Å². The van der Waals surface area contributed by atoms with Gasteiger partial charge in [-0.3, -0.25) is 4.79 Å². The number of carbonyl (C=O) groups is 1. The van der Waals surface area contributed by atoms with E-state index in [1.807, 2.05) is 20.8 Å². The van der Waals surface area contributed by atoms with Gasteiger partial charge in [0.05, 0.1) is 24.4 Å². The molecule has 0 aliphatic heterocycles. The average Bonchev–Trinajstić information content (AvgIpc) is 2.22. The summed E-state index contributed by atoms with van der Waals surface area (Å²) in [7, 11) is -3.46. The summed E-state index contributed by atoms with van der Waals surface area (Å²) in [5, 5.41) is 8.89. The molecule has 0 aliphatic carbocycles. The largest absolute Gasteiger partial charge is 0.481 e. The highest BCUT2D eigenvalue weighted by molar-refractivity contribution is 7.89. The second-order valence-corrected chi connectivity index (χ2v) is 6.34. The molecule has 108 valence electrons. The average molecular weight is 281 g/mol. The van der Waals surface area contributed by atoms with Gasteiger partial charge in [-0.1, -0.05) is 13.3 Å². The lowest BCUT2D eigenvalue weighted by molar-refractivity contribution is -0.141. The Labute approximate surface area is 109 Å². The first kappa shape index (κ1) is 17.3. The third-order valence-electron chi connectivity index (χ3n) is 2.34. The molecule has 0 radical (unpaired) electrons. The Bertz CT molecular complexity index is 339. The monoisotopic (exact) mass is 281 g/mol. The van der Waals surface area contributed by atoms with Crippen LogP contribution in [0.5, 0.6) is 0 Å². The molecule has 0 heterocycles. The zero-order valence-corrected chi connectivity index (χ0v) is 12.0. The van der Waals surface area contributed by atoms with Crippen molar-refractivity contribution in [2.45, 2.75) is 39.7 Å². The van der Waals surface area contributed by atoms with Crippen molar-refractivity contribution in [2.24, 2.45) is 5.92 Å². The topological polar surface area (TPSA) is 92.7 Å². The van der Waals surface area contributed by atoms with E-state index in [0.717, 1.165) is 0 Å². The molecule has 0 saturated carbocycles. The lowest BCUT2D eigenvalue weighted by Crippen LogP contribution is -2.35. The molecule has 0 bridgehead atoms. The van der Waals surface area contributed by atoms with E-state index in [2.05, 4.69) is 4.72 Å². The summed E-state index contributed by atoms with van der Waals surface area (Å²) in [6.45, 7) is 5.55. The van der Waals surface area contributed by atoms with E-state index < -0.39 is 21.9 Å². The van der Waals surface area contributed by atoms with Gasteiger partial charge in [-0.15, -0.1) is 0 Å². The van der Waals surface area contributed by atoms with E-state index in [1.54, 1.807) is 0 Å². The van der Waals surface area contributed by atoms with Gasteiger partial charge in [-0.05, 0) is 20.3 Å². The summed E-state index contributed by atoms with van der Waals surface area (Å²) in [6, 6.07) is 0. The Hall–Kier alpha value is -0.660. The fourth-order valence-corrected chi connectivity index (χ4v) is 2.27. The molecule has 1 unspecified atom stereocenters. The summed E-state index contributed by atoms with van der Waals surface area (Å²) in [6.07, 6.45) is 1.14. The highest BCUT2D eigenvalue weighted by Crippen LogP contribution is 2.05. The van der Waals surface area contributed by atoms with Crippen LogP contribution in [0.3, 0.4) is 0 Å². The van der Waals surface area contributed by atoms with Gasteiger partial charge >= 0.3 is 5.97 Å². The highest BCUT2D eigenvalue weighted by Gasteiger charge is 2.19. The number of rotatable bonds is 10. The zero-order valence-electron chi connectivity index (χ0n) is 11.2. The second-order valence-electron chi connectivity index (χ2n) is 4.41. The van der Waals surface area contributed by atoms with E-state index in [4.69, 9.17) is 9.84 Å². The maximum Gasteiger partial charge on any atom is 0.307 e. The molecule has 1 atom stereocenters. The molecule has 0 saturated heterocycles. The number of sulfonamides is 1. The third-order valence-corrected chi connectivity index (χ3v) is 3.65. The van der Waals surface area contributed by atoms with Crippen molar-refractivity contribution in [3.05, 3.63) is 0 Å². The van der Waals surface area contributed by atoms with Crippen molar-refractivity contribution in [3.8, 4) is 0 Å². The Morgan fingerprint density at radius 1 is 1.39 bits per heavy atom. The first-order valence-electron chi connectivity index (χ1n) is 6.10. The number of aliphatic carboxylic acids is 1. The Kier molecular flexibility index (Phi) is 8.13. The molecule has 0 amide bonds. The fraction of sp³-hybridized carbons (Fsp3) is 0.909. The van der Waals surface area contributed by atoms with Crippen LogP contribution in [0.4, 0.5) is 0 Å². The van der Waals surface area contributed by atoms with Crippen LogP contribution in [0.1, 0.15) is 33.6 Å². The SMILES string of the molecule is CCCC(CNS(=O)(=O)CCOC(C)C)C(=O)O. The molecule has 6 nitrogen and oxygen atoms in total. The summed E-state index contributed by atoms with van der Waals surface area (Å²) in [5.74, 6) is -1.79. The summed E-state index contributed by atoms with van der Waals surface area (Å²) >= 11 is 0. The minimum atomic E-state index is -3.46. The van der Waals surface area contributed by atoms with Gasteiger partial charge in [0.1, 0.15) is 0 Å². The van der Waals surface area contributed by atoms with E-state index in [1.165, 1.54) is 0 Å². The van der Waals surface area contributed by atoms with Crippen LogP contribution >= 0.6 is 0 Å². The minimum absolute atomic E-state index is 0.0212. The number of hydrogen-bond donors (Lipinski definition) is 2. The van der Waals surface area contributed by atoms with Crippen molar-refractivity contribution in [1.82, 2.24) is 4.72 Å². The zero-order chi connectivity index (χ0) is 14.2. The molecular weight excluding hydrogens is 258 g/mol. The number of nitrogens with one attached hydrogen (secondary N) is 1. The first-order valence-corrected chi connectivity index (χ1v) is 7.75. The standard InChI is InChI=1S/C11H23NO5S/c1-4-5-10(11(13)14)8-12-18(15,16)7-6-17-9(2)3/h9-10,12H,4-8H2,1-3H3,(H,13,14). The van der Waals surface area contributed by atoms with Gasteiger partial charge in [-0.2, -0.15) is 0 Å². The van der Waals surface area contributed by atoms with Crippen molar-refractivity contribution in [3.63, 3.8) is 0 Å². The van der Waals surface area contributed by atoms with Crippen molar-refractivity contribution in [2.75, 3.05) is 18.9 Å². The molecule has 0 aromatic heterocycles. The molecule has 18 heavy (non-hydrogen) atoms. The number of hydrogen-bond acceptors (Lipinski definition) is 4. The lowest BCUT2D eigenvalue weighted by Gasteiger charge is -2.13. The quantitative estimate of drug-likeness (QED) is 0.619. The van der Waals surface area contributed by atoms with Crippen molar-refractivity contribution in [1.29, 1.82) is 0 Å². The predicted molar refractivity (Wildman–Crippen MR) is 68.9 cm³/mol. The van der Waals surface area contributed by atoms with Crippen LogP contribution in [0.15, 0.2) is 0 Å². The molecule has 7 heteroatoms. The molecule has 2 N–H and O–H groups in total. The lowest BCUT2D eigenvalue weighted by atomic mass is 10.1. The van der Waals surface area contributed by atoms with Crippen LogP contribution in [-0.2, 0) is 19.6 Å². The Balaban J connectivity index is 4.11. The summed E-state index contributed by atoms with van der Waals surface area (Å²) in [4.78, 5) is 10.9. The maximum absolute atomic E-state index is 11.6. The number of carboxylic acid groups (broad SMARTS) is 1. The van der Waals surface area contributed by atoms with Crippen LogP contribution in [0, 0.1) is 5.92 Å². The number of ether oxygens (including phenoxy) is 1. The highest BCUT2D eigenvalue weighted by atomic mass is 32.2. The van der Waals surface area contributed by atoms with Gasteiger partial charge in [0.2, 0.25) is 10.0 Å². The predicted octanol–water partition coefficient (Wildman–Crippen LogP) is 0.832. The smallest absolute Gasteiger partial charge is 0.307 e. The molecule has 0 aromatic rings. The van der Waals surface area contributed by atoms with E-state index in [9.17, 15) is 13.2 Å². The molecule has 0 rings (SSSR count). The fourth-order valence-electron chi connectivity index (χ4n) is 1.35. The molecular formula is C11H23NO5S. The van der Waals surface area contributed by atoms with Crippen LogP contribution < -0.4 is 4.72 Å². The Morgan fingerprint density at radius 2 is 2.00 bits per heavy atom.